The molecule has 0 saturated heterocycles. The van der Waals surface area contributed by atoms with E-state index in [0.29, 0.717) is 6.04 Å². The Balaban J connectivity index is 2.29. The highest BCUT2D eigenvalue weighted by molar-refractivity contribution is 5.79. The van der Waals surface area contributed by atoms with Crippen LogP contribution in [0.25, 0.3) is 11.0 Å². The summed E-state index contributed by atoms with van der Waals surface area (Å²) in [6.45, 7) is 2.13. The first kappa shape index (κ1) is 11.0. The van der Waals surface area contributed by atoms with Crippen LogP contribution in [-0.4, -0.2) is 20.2 Å². The highest BCUT2D eigenvalue weighted by Gasteiger charge is 2.07. The molecule has 0 bridgehead atoms. The van der Waals surface area contributed by atoms with Crippen molar-refractivity contribution in [2.24, 2.45) is 0 Å². The molecule has 0 radical (unpaired) electrons. The van der Waals surface area contributed by atoms with Gasteiger partial charge in [-0.15, -0.1) is 0 Å². The van der Waals surface area contributed by atoms with Crippen LogP contribution in [0, 0.1) is 0 Å². The van der Waals surface area contributed by atoms with Gasteiger partial charge in [-0.2, -0.15) is 0 Å². The second kappa shape index (κ2) is 4.58. The van der Waals surface area contributed by atoms with Crippen molar-refractivity contribution in [3.8, 4) is 5.75 Å². The molecule has 1 unspecified atom stereocenters. The number of fused-ring (bicyclic) bond motifs is 1. The summed E-state index contributed by atoms with van der Waals surface area (Å²) in [6.07, 6.45) is 0.896. The molecule has 0 fully saturated rings. The minimum absolute atomic E-state index is 0.419. The highest BCUT2D eigenvalue weighted by Crippen LogP contribution is 2.24. The molecule has 2 rings (SSSR count). The molecular formula is C13H17NO2. The first-order valence-electron chi connectivity index (χ1n) is 5.46. The van der Waals surface area contributed by atoms with Gasteiger partial charge in [-0.25, -0.2) is 0 Å². The van der Waals surface area contributed by atoms with Gasteiger partial charge in [-0.1, -0.05) is 0 Å². The normalized spacial score (nSPS) is 12.9. The maximum atomic E-state index is 5.74. The SMILES string of the molecule is CNC(C)Cc1cc2cc(OC)ccc2o1. The van der Waals surface area contributed by atoms with E-state index < -0.39 is 0 Å². The monoisotopic (exact) mass is 219 g/mol. The van der Waals surface area contributed by atoms with E-state index in [0.717, 1.165) is 28.9 Å². The van der Waals surface area contributed by atoms with E-state index in [9.17, 15) is 0 Å². The molecular weight excluding hydrogens is 202 g/mol. The van der Waals surface area contributed by atoms with E-state index in [-0.39, 0.29) is 0 Å². The van der Waals surface area contributed by atoms with Gasteiger partial charge in [-0.05, 0) is 38.2 Å². The third-order valence-electron chi connectivity index (χ3n) is 2.77. The Kier molecular flexibility index (Phi) is 3.15. The Labute approximate surface area is 95.4 Å². The molecule has 1 aromatic carbocycles. The average Bonchev–Trinajstić information content (AvgIpc) is 2.69. The van der Waals surface area contributed by atoms with E-state index in [2.05, 4.69) is 18.3 Å². The summed E-state index contributed by atoms with van der Waals surface area (Å²) in [4.78, 5) is 0. The summed E-state index contributed by atoms with van der Waals surface area (Å²) >= 11 is 0. The smallest absolute Gasteiger partial charge is 0.134 e. The van der Waals surface area contributed by atoms with Crippen molar-refractivity contribution in [3.63, 3.8) is 0 Å². The van der Waals surface area contributed by atoms with Gasteiger partial charge in [0.15, 0.2) is 0 Å². The van der Waals surface area contributed by atoms with Crippen molar-refractivity contribution >= 4 is 11.0 Å². The van der Waals surface area contributed by atoms with Gasteiger partial charge in [-0.3, -0.25) is 0 Å². The zero-order chi connectivity index (χ0) is 11.5. The van der Waals surface area contributed by atoms with E-state index in [1.54, 1.807) is 7.11 Å². The second-order valence-corrected chi connectivity index (χ2v) is 4.01. The van der Waals surface area contributed by atoms with Crippen LogP contribution in [0.3, 0.4) is 0 Å². The molecule has 3 heteroatoms. The molecule has 0 saturated carbocycles. The van der Waals surface area contributed by atoms with Crippen molar-refractivity contribution in [1.29, 1.82) is 0 Å². The Morgan fingerprint density at radius 2 is 2.19 bits per heavy atom. The summed E-state index contributed by atoms with van der Waals surface area (Å²) in [6, 6.07) is 8.35. The number of likely N-dealkylation sites (N-methyl/N-ethyl adjacent to an activating group) is 1. The fourth-order valence-corrected chi connectivity index (χ4v) is 1.71. The summed E-state index contributed by atoms with van der Waals surface area (Å²) in [7, 11) is 3.63. The molecule has 3 nitrogen and oxygen atoms in total. The molecule has 1 aromatic heterocycles. The Hall–Kier alpha value is -1.48. The highest BCUT2D eigenvalue weighted by atomic mass is 16.5. The molecule has 16 heavy (non-hydrogen) atoms. The quantitative estimate of drug-likeness (QED) is 0.858. The fraction of sp³-hybridized carbons (Fsp3) is 0.385. The van der Waals surface area contributed by atoms with Crippen molar-refractivity contribution in [1.82, 2.24) is 5.32 Å². The Bertz CT molecular complexity index is 476. The van der Waals surface area contributed by atoms with Crippen LogP contribution in [0.15, 0.2) is 28.7 Å². The van der Waals surface area contributed by atoms with Gasteiger partial charge in [0, 0.05) is 17.8 Å². The van der Waals surface area contributed by atoms with E-state index >= 15 is 0 Å². The summed E-state index contributed by atoms with van der Waals surface area (Å²) < 4.78 is 10.9. The number of nitrogens with one attached hydrogen (secondary N) is 1. The summed E-state index contributed by atoms with van der Waals surface area (Å²) in [5, 5.41) is 4.29. The largest absolute Gasteiger partial charge is 0.497 e. The van der Waals surface area contributed by atoms with E-state index in [1.165, 1.54) is 0 Å². The molecule has 1 heterocycles. The van der Waals surface area contributed by atoms with Crippen LogP contribution in [-0.2, 0) is 6.42 Å². The third kappa shape index (κ3) is 2.19. The molecule has 0 aliphatic carbocycles. The van der Waals surface area contributed by atoms with Crippen LogP contribution in [0.2, 0.25) is 0 Å². The standard InChI is InChI=1S/C13H17NO2/c1-9(14-2)6-12-8-10-7-11(15-3)4-5-13(10)16-12/h4-5,7-9,14H,6H2,1-3H3. The first-order chi connectivity index (χ1) is 7.72. The topological polar surface area (TPSA) is 34.4 Å². The minimum atomic E-state index is 0.419. The lowest BCUT2D eigenvalue weighted by Gasteiger charge is -2.06. The van der Waals surface area contributed by atoms with E-state index in [1.807, 2.05) is 25.2 Å². The van der Waals surface area contributed by atoms with Crippen LogP contribution in [0.5, 0.6) is 5.75 Å². The molecule has 86 valence electrons. The average molecular weight is 219 g/mol. The lowest BCUT2D eigenvalue weighted by molar-refractivity contribution is 0.415. The molecule has 0 aliphatic heterocycles. The van der Waals surface area contributed by atoms with Crippen molar-refractivity contribution in [3.05, 3.63) is 30.0 Å². The van der Waals surface area contributed by atoms with E-state index in [4.69, 9.17) is 9.15 Å². The molecule has 0 spiro atoms. The van der Waals surface area contributed by atoms with Gasteiger partial charge in [0.2, 0.25) is 0 Å². The lowest BCUT2D eigenvalue weighted by Crippen LogP contribution is -2.23. The Morgan fingerprint density at radius 3 is 2.88 bits per heavy atom. The fourth-order valence-electron chi connectivity index (χ4n) is 1.71. The third-order valence-corrected chi connectivity index (χ3v) is 2.77. The number of methoxy groups -OCH3 is 1. The number of rotatable bonds is 4. The van der Waals surface area contributed by atoms with Gasteiger partial charge in [0.1, 0.15) is 17.1 Å². The van der Waals surface area contributed by atoms with Crippen LogP contribution in [0.4, 0.5) is 0 Å². The minimum Gasteiger partial charge on any atom is -0.497 e. The summed E-state index contributed by atoms with van der Waals surface area (Å²) in [5.74, 6) is 1.87. The van der Waals surface area contributed by atoms with Crippen LogP contribution >= 0.6 is 0 Å². The lowest BCUT2D eigenvalue weighted by atomic mass is 10.2. The number of hydrogen-bond donors (Lipinski definition) is 1. The van der Waals surface area contributed by atoms with Gasteiger partial charge >= 0.3 is 0 Å². The van der Waals surface area contributed by atoms with Crippen molar-refractivity contribution in [2.45, 2.75) is 19.4 Å². The molecule has 0 aliphatic rings. The van der Waals surface area contributed by atoms with Gasteiger partial charge in [0.25, 0.3) is 0 Å². The molecule has 2 aromatic rings. The Morgan fingerprint density at radius 1 is 1.38 bits per heavy atom. The van der Waals surface area contributed by atoms with Crippen LogP contribution in [0.1, 0.15) is 12.7 Å². The van der Waals surface area contributed by atoms with Gasteiger partial charge < -0.3 is 14.5 Å². The maximum absolute atomic E-state index is 5.74. The number of furan rings is 1. The predicted molar refractivity (Wildman–Crippen MR) is 65.0 cm³/mol. The number of hydrogen-bond acceptors (Lipinski definition) is 3. The number of benzene rings is 1. The van der Waals surface area contributed by atoms with Crippen molar-refractivity contribution < 1.29 is 9.15 Å². The maximum Gasteiger partial charge on any atom is 0.134 e. The zero-order valence-electron chi connectivity index (χ0n) is 9.91. The number of ether oxygens (including phenoxy) is 1. The van der Waals surface area contributed by atoms with Crippen LogP contribution < -0.4 is 10.1 Å². The second-order valence-electron chi connectivity index (χ2n) is 4.01. The molecule has 0 amide bonds. The van der Waals surface area contributed by atoms with Gasteiger partial charge in [0.05, 0.1) is 7.11 Å². The van der Waals surface area contributed by atoms with Crippen molar-refractivity contribution in [2.75, 3.05) is 14.2 Å². The summed E-state index contributed by atoms with van der Waals surface area (Å²) in [5.41, 5.74) is 0.916. The molecule has 1 N–H and O–H groups in total. The first-order valence-corrected chi connectivity index (χ1v) is 5.46. The zero-order valence-corrected chi connectivity index (χ0v) is 9.91. The molecule has 1 atom stereocenters. The predicted octanol–water partition coefficient (Wildman–Crippen LogP) is 2.59.